The number of hydrogen-bond acceptors (Lipinski definition) is 3. The van der Waals surface area contributed by atoms with Crippen molar-refractivity contribution < 1.29 is 0 Å². The average molecular weight is 205 g/mol. The van der Waals surface area contributed by atoms with Gasteiger partial charge in [-0.1, -0.05) is 6.07 Å². The number of aryl methyl sites for hydroxylation is 2. The Balaban J connectivity index is 3.23. The second-order valence-corrected chi connectivity index (χ2v) is 3.44. The van der Waals surface area contributed by atoms with Gasteiger partial charge in [-0.3, -0.25) is 9.59 Å². The van der Waals surface area contributed by atoms with Gasteiger partial charge in [-0.15, -0.1) is 0 Å². The molecule has 5 heteroatoms. The Hall–Kier alpha value is -2.04. The lowest BCUT2D eigenvalue weighted by molar-refractivity contribution is 0.799. The molecule has 0 bridgehead atoms. The lowest BCUT2D eigenvalue weighted by atomic mass is 10.2. The minimum atomic E-state index is -0.567. The van der Waals surface area contributed by atoms with Gasteiger partial charge in [-0.2, -0.15) is 0 Å². The summed E-state index contributed by atoms with van der Waals surface area (Å²) in [7, 11) is 3.11. The van der Waals surface area contributed by atoms with Crippen LogP contribution in [0.5, 0.6) is 0 Å². The van der Waals surface area contributed by atoms with Crippen molar-refractivity contribution in [1.29, 1.82) is 0 Å². The van der Waals surface area contributed by atoms with Gasteiger partial charge < -0.3 is 14.9 Å². The van der Waals surface area contributed by atoms with E-state index in [0.29, 0.717) is 16.7 Å². The molecule has 0 amide bonds. The topological polar surface area (TPSA) is 70.0 Å². The second kappa shape index (κ2) is 2.98. The van der Waals surface area contributed by atoms with E-state index in [1.165, 1.54) is 9.13 Å². The highest BCUT2D eigenvalue weighted by Gasteiger charge is 2.09. The van der Waals surface area contributed by atoms with Gasteiger partial charge in [0.2, 0.25) is 0 Å². The maximum Gasteiger partial charge on any atom is 0.316 e. The molecule has 1 aromatic heterocycles. The number of fused-ring (bicyclic) bond motifs is 1. The highest BCUT2D eigenvalue weighted by molar-refractivity contribution is 5.86. The molecule has 0 radical (unpaired) electrons. The third-order valence-electron chi connectivity index (χ3n) is 2.53. The molecule has 2 aromatic rings. The van der Waals surface area contributed by atoms with Crippen LogP contribution < -0.4 is 16.9 Å². The Labute approximate surface area is 85.4 Å². The van der Waals surface area contributed by atoms with Crippen LogP contribution in [0.2, 0.25) is 0 Å². The summed E-state index contributed by atoms with van der Waals surface area (Å²) in [5.41, 5.74) is 6.39. The molecule has 0 aliphatic heterocycles. The first kappa shape index (κ1) is 9.51. The van der Waals surface area contributed by atoms with Gasteiger partial charge in [0.15, 0.2) is 0 Å². The second-order valence-electron chi connectivity index (χ2n) is 3.44. The largest absolute Gasteiger partial charge is 0.397 e. The number of aromatic nitrogens is 2. The van der Waals surface area contributed by atoms with E-state index in [4.69, 9.17) is 5.73 Å². The summed E-state index contributed by atoms with van der Waals surface area (Å²) in [6.45, 7) is 0. The van der Waals surface area contributed by atoms with Gasteiger partial charge in [0.25, 0.3) is 0 Å². The predicted molar refractivity (Wildman–Crippen MR) is 58.8 cm³/mol. The highest BCUT2D eigenvalue weighted by Crippen LogP contribution is 2.16. The molecule has 0 atom stereocenters. The van der Waals surface area contributed by atoms with Gasteiger partial charge in [0.05, 0.1) is 16.7 Å². The quantitative estimate of drug-likeness (QED) is 0.479. The molecule has 0 fully saturated rings. The molecule has 0 aliphatic rings. The summed E-state index contributed by atoms with van der Waals surface area (Å²) in [5, 5.41) is 0. The molecular weight excluding hydrogens is 194 g/mol. The molecule has 1 aromatic carbocycles. The van der Waals surface area contributed by atoms with E-state index >= 15 is 0 Å². The van der Waals surface area contributed by atoms with E-state index in [-0.39, 0.29) is 0 Å². The van der Waals surface area contributed by atoms with Gasteiger partial charge in [0.1, 0.15) is 0 Å². The predicted octanol–water partition coefficient (Wildman–Crippen LogP) is -0.181. The monoisotopic (exact) mass is 205 g/mol. The van der Waals surface area contributed by atoms with Crippen LogP contribution in [0.25, 0.3) is 11.0 Å². The first-order valence-corrected chi connectivity index (χ1v) is 4.48. The maximum absolute atomic E-state index is 11.5. The van der Waals surface area contributed by atoms with E-state index in [9.17, 15) is 9.59 Å². The molecule has 78 valence electrons. The zero-order valence-corrected chi connectivity index (χ0v) is 8.52. The molecule has 15 heavy (non-hydrogen) atoms. The molecule has 5 nitrogen and oxygen atoms in total. The number of nitrogens with zero attached hydrogens (tertiary/aromatic N) is 2. The number of para-hydroxylation sites is 1. The van der Waals surface area contributed by atoms with Crippen molar-refractivity contribution >= 4 is 16.7 Å². The van der Waals surface area contributed by atoms with Gasteiger partial charge in [-0.25, -0.2) is 0 Å². The first-order chi connectivity index (χ1) is 7.04. The summed E-state index contributed by atoms with van der Waals surface area (Å²) in [4.78, 5) is 23.0. The molecule has 2 rings (SSSR count). The Morgan fingerprint density at radius 3 is 2.33 bits per heavy atom. The fraction of sp³-hybridized carbons (Fsp3) is 0.200. The lowest BCUT2D eigenvalue weighted by Crippen LogP contribution is -2.39. The summed E-state index contributed by atoms with van der Waals surface area (Å²) < 4.78 is 2.60. The number of benzene rings is 1. The molecule has 1 heterocycles. The van der Waals surface area contributed by atoms with Crippen molar-refractivity contribution in [2.75, 3.05) is 5.73 Å². The summed E-state index contributed by atoms with van der Waals surface area (Å²) >= 11 is 0. The molecule has 0 saturated heterocycles. The zero-order chi connectivity index (χ0) is 11.2. The Bertz CT molecular complexity index is 652. The number of rotatable bonds is 0. The smallest absolute Gasteiger partial charge is 0.316 e. The average Bonchev–Trinajstić information content (AvgIpc) is 2.23. The third kappa shape index (κ3) is 1.16. The first-order valence-electron chi connectivity index (χ1n) is 4.48. The number of anilines is 1. The summed E-state index contributed by atoms with van der Waals surface area (Å²) in [5.74, 6) is 0. The third-order valence-corrected chi connectivity index (χ3v) is 2.53. The molecule has 0 unspecified atom stereocenters. The van der Waals surface area contributed by atoms with Crippen LogP contribution in [-0.2, 0) is 14.1 Å². The Morgan fingerprint density at radius 2 is 1.67 bits per heavy atom. The Kier molecular flexibility index (Phi) is 1.89. The maximum atomic E-state index is 11.5. The van der Waals surface area contributed by atoms with Crippen LogP contribution in [0.1, 0.15) is 0 Å². The van der Waals surface area contributed by atoms with E-state index in [2.05, 4.69) is 0 Å². The molecule has 2 N–H and O–H groups in total. The van der Waals surface area contributed by atoms with E-state index in [1.807, 2.05) is 0 Å². The minimum absolute atomic E-state index is 0.489. The number of nitrogens with two attached hydrogens (primary N) is 1. The van der Waals surface area contributed by atoms with Crippen molar-refractivity contribution in [2.45, 2.75) is 0 Å². The van der Waals surface area contributed by atoms with Crippen molar-refractivity contribution in [2.24, 2.45) is 14.1 Å². The Morgan fingerprint density at radius 1 is 1.07 bits per heavy atom. The van der Waals surface area contributed by atoms with E-state index in [1.54, 1.807) is 32.3 Å². The van der Waals surface area contributed by atoms with Crippen molar-refractivity contribution in [1.82, 2.24) is 9.13 Å². The van der Waals surface area contributed by atoms with Crippen LogP contribution in [0, 0.1) is 0 Å². The molecule has 0 aliphatic carbocycles. The summed E-state index contributed by atoms with van der Waals surface area (Å²) in [6.07, 6.45) is 0. The highest BCUT2D eigenvalue weighted by atomic mass is 16.2. The fourth-order valence-electron chi connectivity index (χ4n) is 1.68. The van der Waals surface area contributed by atoms with Crippen molar-refractivity contribution in [3.63, 3.8) is 0 Å². The summed E-state index contributed by atoms with van der Waals surface area (Å²) in [6, 6.07) is 5.21. The SMILES string of the molecule is Cn1c(=O)c(=O)n(C)c2c(N)cccc21. The van der Waals surface area contributed by atoms with Gasteiger partial charge in [-0.05, 0) is 12.1 Å². The van der Waals surface area contributed by atoms with Gasteiger partial charge in [0, 0.05) is 14.1 Å². The van der Waals surface area contributed by atoms with Crippen molar-refractivity contribution in [3.8, 4) is 0 Å². The zero-order valence-electron chi connectivity index (χ0n) is 8.52. The van der Waals surface area contributed by atoms with Crippen LogP contribution in [0.15, 0.2) is 27.8 Å². The van der Waals surface area contributed by atoms with Crippen LogP contribution in [0.4, 0.5) is 5.69 Å². The van der Waals surface area contributed by atoms with E-state index in [0.717, 1.165) is 0 Å². The number of nitrogen functional groups attached to an aromatic ring is 1. The minimum Gasteiger partial charge on any atom is -0.397 e. The number of hydrogen-bond donors (Lipinski definition) is 1. The molecular formula is C10H11N3O2. The van der Waals surface area contributed by atoms with E-state index < -0.39 is 11.1 Å². The van der Waals surface area contributed by atoms with Crippen LogP contribution >= 0.6 is 0 Å². The van der Waals surface area contributed by atoms with Crippen molar-refractivity contribution in [3.05, 3.63) is 38.9 Å². The molecule has 0 spiro atoms. The van der Waals surface area contributed by atoms with Crippen LogP contribution in [-0.4, -0.2) is 9.13 Å². The standard InChI is InChI=1S/C10H11N3O2/c1-12-7-5-3-4-6(11)8(7)13(2)10(15)9(12)14/h3-5H,11H2,1-2H3. The van der Waals surface area contributed by atoms with Crippen LogP contribution in [0.3, 0.4) is 0 Å². The fourth-order valence-corrected chi connectivity index (χ4v) is 1.68. The lowest BCUT2D eigenvalue weighted by Gasteiger charge is -2.10. The van der Waals surface area contributed by atoms with Gasteiger partial charge >= 0.3 is 11.1 Å². The molecule has 0 saturated carbocycles. The normalized spacial score (nSPS) is 10.8.